The van der Waals surface area contributed by atoms with Gasteiger partial charge in [0.05, 0.1) is 37.7 Å². The largest absolute Gasteiger partial charge is 0.497 e. The van der Waals surface area contributed by atoms with Gasteiger partial charge in [-0.3, -0.25) is 4.98 Å². The zero-order valence-corrected chi connectivity index (χ0v) is 19.6. The molecule has 0 radical (unpaired) electrons. The first-order valence-corrected chi connectivity index (χ1v) is 11.6. The fourth-order valence-electron chi connectivity index (χ4n) is 4.77. The van der Waals surface area contributed by atoms with E-state index in [9.17, 15) is 0 Å². The van der Waals surface area contributed by atoms with E-state index in [1.807, 2.05) is 42.6 Å². The maximum absolute atomic E-state index is 5.93. The second-order valence-electron chi connectivity index (χ2n) is 8.25. The van der Waals surface area contributed by atoms with Crippen molar-refractivity contribution in [1.29, 1.82) is 0 Å². The fraction of sp³-hybridized carbons (Fsp3) is 0.360. The van der Waals surface area contributed by atoms with Crippen LogP contribution in [0.15, 0.2) is 60.9 Å². The Bertz CT molecular complexity index is 1110. The van der Waals surface area contributed by atoms with E-state index in [4.69, 9.17) is 26.4 Å². The van der Waals surface area contributed by atoms with Crippen LogP contribution < -0.4 is 19.7 Å². The summed E-state index contributed by atoms with van der Waals surface area (Å²) in [6.45, 7) is 1.64. The lowest BCUT2D eigenvalue weighted by Gasteiger charge is -2.30. The summed E-state index contributed by atoms with van der Waals surface area (Å²) in [6.07, 6.45) is 6.35. The Morgan fingerprint density at radius 2 is 2.06 bits per heavy atom. The van der Waals surface area contributed by atoms with Crippen LogP contribution in [-0.2, 0) is 11.3 Å². The van der Waals surface area contributed by atoms with Gasteiger partial charge in [-0.1, -0.05) is 6.07 Å². The number of rotatable bonds is 7. The minimum Gasteiger partial charge on any atom is -0.497 e. The number of nitrogens with one attached hydrogen (secondary N) is 1. The summed E-state index contributed by atoms with van der Waals surface area (Å²) in [5.74, 6) is 1.47. The van der Waals surface area contributed by atoms with Crippen molar-refractivity contribution in [3.63, 3.8) is 0 Å². The molecule has 0 bridgehead atoms. The monoisotopic (exact) mass is 464 g/mol. The maximum atomic E-state index is 5.93. The Morgan fingerprint density at radius 3 is 2.79 bits per heavy atom. The molecule has 5 rings (SSSR count). The van der Waals surface area contributed by atoms with Gasteiger partial charge in [0.1, 0.15) is 17.5 Å². The summed E-state index contributed by atoms with van der Waals surface area (Å²) >= 11 is 5.88. The summed E-state index contributed by atoms with van der Waals surface area (Å²) < 4.78 is 19.5. The van der Waals surface area contributed by atoms with Crippen LogP contribution in [0.3, 0.4) is 0 Å². The van der Waals surface area contributed by atoms with Gasteiger partial charge in [-0.05, 0) is 61.5 Å². The molecule has 7 nitrogen and oxygen atoms in total. The SMILES string of the molecule is COc1ccc(OC)c(N2C(=S)N[C@H](c3ccccn3)[C@@H]2c2cccn2C[C@@H]2CCCO2)c1. The molecule has 0 saturated carbocycles. The van der Waals surface area contributed by atoms with E-state index < -0.39 is 0 Å². The molecule has 0 spiro atoms. The average Bonchev–Trinajstić information content (AvgIpc) is 3.60. The smallest absolute Gasteiger partial charge is 0.174 e. The van der Waals surface area contributed by atoms with Crippen molar-refractivity contribution in [2.45, 2.75) is 37.6 Å². The lowest BCUT2D eigenvalue weighted by molar-refractivity contribution is 0.0961. The minimum atomic E-state index is -0.134. The van der Waals surface area contributed by atoms with Gasteiger partial charge in [-0.2, -0.15) is 0 Å². The molecule has 0 amide bonds. The van der Waals surface area contributed by atoms with E-state index in [1.165, 1.54) is 0 Å². The number of nitrogens with zero attached hydrogens (tertiary/aromatic N) is 3. The van der Waals surface area contributed by atoms with Crippen molar-refractivity contribution in [1.82, 2.24) is 14.9 Å². The van der Waals surface area contributed by atoms with Crippen molar-refractivity contribution >= 4 is 23.0 Å². The van der Waals surface area contributed by atoms with Crippen LogP contribution >= 0.6 is 12.2 Å². The number of pyridine rings is 1. The van der Waals surface area contributed by atoms with E-state index in [-0.39, 0.29) is 18.2 Å². The number of hydrogen-bond donors (Lipinski definition) is 1. The summed E-state index contributed by atoms with van der Waals surface area (Å²) in [5, 5.41) is 4.14. The first kappa shape index (κ1) is 21.7. The molecular weight excluding hydrogens is 436 g/mol. The van der Waals surface area contributed by atoms with Crippen LogP contribution in [0, 0.1) is 0 Å². The summed E-state index contributed by atoms with van der Waals surface area (Å²) in [6, 6.07) is 15.7. The van der Waals surface area contributed by atoms with Gasteiger partial charge >= 0.3 is 0 Å². The highest BCUT2D eigenvalue weighted by atomic mass is 32.1. The van der Waals surface area contributed by atoms with Crippen molar-refractivity contribution in [3.05, 3.63) is 72.3 Å². The molecule has 33 heavy (non-hydrogen) atoms. The summed E-state index contributed by atoms with van der Waals surface area (Å²) in [5.41, 5.74) is 2.92. The van der Waals surface area contributed by atoms with Gasteiger partial charge in [0.15, 0.2) is 5.11 Å². The zero-order valence-electron chi connectivity index (χ0n) is 18.8. The van der Waals surface area contributed by atoms with E-state index in [0.717, 1.165) is 54.6 Å². The van der Waals surface area contributed by atoms with E-state index in [0.29, 0.717) is 5.11 Å². The van der Waals surface area contributed by atoms with Crippen LogP contribution in [0.1, 0.15) is 36.3 Å². The number of aromatic nitrogens is 2. The third kappa shape index (κ3) is 4.16. The molecule has 172 valence electrons. The van der Waals surface area contributed by atoms with Gasteiger partial charge in [0, 0.05) is 37.3 Å². The molecule has 4 heterocycles. The number of benzene rings is 1. The molecule has 2 aromatic heterocycles. The second kappa shape index (κ2) is 9.41. The third-order valence-electron chi connectivity index (χ3n) is 6.34. The standard InChI is InChI=1S/C25H28N4O3S/c1-30-17-10-11-22(31-2)21(15-17)29-24(23(27-25(29)33)19-8-3-4-12-26-19)20-9-5-13-28(20)16-18-7-6-14-32-18/h3-5,8-13,15,18,23-24H,6-7,14,16H2,1-2H3,(H,27,33)/t18-,23+,24-/m0/s1. The predicted molar refractivity (Wildman–Crippen MR) is 131 cm³/mol. The van der Waals surface area contributed by atoms with Crippen LogP contribution in [-0.4, -0.2) is 41.6 Å². The molecule has 2 saturated heterocycles. The van der Waals surface area contributed by atoms with Crippen molar-refractivity contribution < 1.29 is 14.2 Å². The quantitative estimate of drug-likeness (QED) is 0.525. The van der Waals surface area contributed by atoms with Gasteiger partial charge < -0.3 is 29.0 Å². The molecule has 0 aliphatic carbocycles. The molecule has 2 aliphatic heterocycles. The second-order valence-corrected chi connectivity index (χ2v) is 8.64. The Morgan fingerprint density at radius 1 is 1.15 bits per heavy atom. The van der Waals surface area contributed by atoms with Crippen LogP contribution in [0.25, 0.3) is 0 Å². The molecule has 3 atom stereocenters. The third-order valence-corrected chi connectivity index (χ3v) is 6.65. The van der Waals surface area contributed by atoms with E-state index in [1.54, 1.807) is 14.2 Å². The summed E-state index contributed by atoms with van der Waals surface area (Å²) in [4.78, 5) is 6.78. The first-order chi connectivity index (χ1) is 16.2. The number of hydrogen-bond acceptors (Lipinski definition) is 5. The number of methoxy groups -OCH3 is 2. The van der Waals surface area contributed by atoms with Crippen molar-refractivity contribution in [2.24, 2.45) is 0 Å². The topological polar surface area (TPSA) is 60.8 Å². The molecule has 2 fully saturated rings. The molecule has 2 aliphatic rings. The highest BCUT2D eigenvalue weighted by molar-refractivity contribution is 7.80. The van der Waals surface area contributed by atoms with Gasteiger partial charge in [0.25, 0.3) is 0 Å². The van der Waals surface area contributed by atoms with Crippen molar-refractivity contribution in [2.75, 3.05) is 25.7 Å². The predicted octanol–water partition coefficient (Wildman–Crippen LogP) is 4.26. The lowest BCUT2D eigenvalue weighted by Crippen LogP contribution is -2.31. The normalized spacial score (nSPS) is 22.4. The molecule has 3 aromatic rings. The Kier molecular flexibility index (Phi) is 6.20. The summed E-state index contributed by atoms with van der Waals surface area (Å²) in [7, 11) is 3.33. The van der Waals surface area contributed by atoms with Gasteiger partial charge in [0.2, 0.25) is 0 Å². The van der Waals surface area contributed by atoms with Gasteiger partial charge in [-0.15, -0.1) is 0 Å². The van der Waals surface area contributed by atoms with Crippen LogP contribution in [0.4, 0.5) is 5.69 Å². The van der Waals surface area contributed by atoms with Crippen LogP contribution in [0.2, 0.25) is 0 Å². The molecule has 0 unspecified atom stereocenters. The molecule has 1 aromatic carbocycles. The fourth-order valence-corrected chi connectivity index (χ4v) is 5.11. The number of anilines is 1. The highest BCUT2D eigenvalue weighted by Crippen LogP contribution is 2.45. The molecule has 1 N–H and O–H groups in total. The maximum Gasteiger partial charge on any atom is 0.174 e. The highest BCUT2D eigenvalue weighted by Gasteiger charge is 2.43. The zero-order chi connectivity index (χ0) is 22.8. The number of thiocarbonyl (C=S) groups is 1. The number of ether oxygens (including phenoxy) is 3. The molecular formula is C25H28N4O3S. The Balaban J connectivity index is 1.62. The average molecular weight is 465 g/mol. The Hall–Kier alpha value is -3.10. The molecule has 8 heteroatoms. The first-order valence-electron chi connectivity index (χ1n) is 11.2. The van der Waals surface area contributed by atoms with E-state index >= 15 is 0 Å². The van der Waals surface area contributed by atoms with E-state index in [2.05, 4.69) is 38.1 Å². The van der Waals surface area contributed by atoms with Crippen molar-refractivity contribution in [3.8, 4) is 11.5 Å². The van der Waals surface area contributed by atoms with Crippen LogP contribution in [0.5, 0.6) is 11.5 Å². The Labute approximate surface area is 199 Å². The minimum absolute atomic E-state index is 0.132. The van der Waals surface area contributed by atoms with Gasteiger partial charge in [-0.25, -0.2) is 0 Å². The lowest BCUT2D eigenvalue weighted by atomic mass is 10.0.